The van der Waals surface area contributed by atoms with Gasteiger partial charge in [0.2, 0.25) is 0 Å². The van der Waals surface area contributed by atoms with Gasteiger partial charge in [-0.05, 0) is 17.7 Å². The van der Waals surface area contributed by atoms with Crippen molar-refractivity contribution in [2.75, 3.05) is 5.32 Å². The van der Waals surface area contributed by atoms with Crippen LogP contribution in [-0.4, -0.2) is 11.9 Å². The van der Waals surface area contributed by atoms with E-state index in [0.29, 0.717) is 17.8 Å². The molecule has 0 atom stereocenters. The van der Waals surface area contributed by atoms with E-state index >= 15 is 0 Å². The van der Waals surface area contributed by atoms with Crippen LogP contribution in [-0.2, 0) is 6.54 Å². The molecular weight excluding hydrogens is 182 g/mol. The number of nitrogens with one attached hydrogen (secondary N) is 2. The van der Waals surface area contributed by atoms with Crippen molar-refractivity contribution < 1.29 is 9.59 Å². The highest BCUT2D eigenvalue weighted by molar-refractivity contribution is 6.00. The summed E-state index contributed by atoms with van der Waals surface area (Å²) in [5.74, 6) is -0.117. The summed E-state index contributed by atoms with van der Waals surface area (Å²) in [6.07, 6.45) is 0. The van der Waals surface area contributed by atoms with E-state index in [1.165, 1.54) is 0 Å². The van der Waals surface area contributed by atoms with E-state index in [2.05, 4.69) is 10.6 Å². The number of urea groups is 1. The molecule has 0 unspecified atom stereocenters. The van der Waals surface area contributed by atoms with Crippen LogP contribution in [0.4, 0.5) is 10.5 Å². The third-order valence-electron chi connectivity index (χ3n) is 2.06. The summed E-state index contributed by atoms with van der Waals surface area (Å²) in [6.45, 7) is 0.547. The van der Waals surface area contributed by atoms with Crippen molar-refractivity contribution in [1.29, 1.82) is 0 Å². The molecule has 14 heavy (non-hydrogen) atoms. The van der Waals surface area contributed by atoms with E-state index in [0.717, 1.165) is 5.56 Å². The molecule has 2 rings (SSSR count). The van der Waals surface area contributed by atoms with E-state index in [1.807, 2.05) is 0 Å². The van der Waals surface area contributed by atoms with Gasteiger partial charge in [0.05, 0.1) is 0 Å². The highest BCUT2D eigenvalue weighted by Gasteiger charge is 2.18. The number of fused-ring (bicyclic) bond motifs is 1. The first-order chi connectivity index (χ1) is 6.66. The van der Waals surface area contributed by atoms with Gasteiger partial charge in [0.1, 0.15) is 0 Å². The Hall–Kier alpha value is -2.04. The lowest BCUT2D eigenvalue weighted by Crippen LogP contribution is -2.19. The predicted octanol–water partition coefficient (Wildman–Crippen LogP) is 0.421. The van der Waals surface area contributed by atoms with Crippen molar-refractivity contribution in [3.63, 3.8) is 0 Å². The van der Waals surface area contributed by atoms with Crippen LogP contribution < -0.4 is 16.4 Å². The van der Waals surface area contributed by atoms with Crippen molar-refractivity contribution in [2.45, 2.75) is 6.54 Å². The van der Waals surface area contributed by atoms with E-state index < -0.39 is 6.03 Å². The molecule has 0 saturated carbocycles. The summed E-state index contributed by atoms with van der Waals surface area (Å²) in [5, 5.41) is 5.10. The molecule has 72 valence electrons. The van der Waals surface area contributed by atoms with Crippen molar-refractivity contribution in [3.05, 3.63) is 29.3 Å². The second-order valence-electron chi connectivity index (χ2n) is 3.04. The number of hydrogen-bond donors (Lipinski definition) is 3. The van der Waals surface area contributed by atoms with E-state index in [-0.39, 0.29) is 5.91 Å². The third kappa shape index (κ3) is 1.39. The summed E-state index contributed by atoms with van der Waals surface area (Å²) in [5.41, 5.74) is 7.02. The second-order valence-corrected chi connectivity index (χ2v) is 3.04. The molecule has 1 aliphatic rings. The molecule has 5 heteroatoms. The Balaban J connectivity index is 2.35. The SMILES string of the molecule is NC(=O)Nc1ccc2c(c1)C(=O)NC2. The second kappa shape index (κ2) is 3.02. The summed E-state index contributed by atoms with van der Waals surface area (Å²) >= 11 is 0. The molecule has 1 aliphatic heterocycles. The number of rotatable bonds is 1. The lowest BCUT2D eigenvalue weighted by atomic mass is 10.1. The van der Waals surface area contributed by atoms with Crippen molar-refractivity contribution in [2.24, 2.45) is 5.73 Å². The average Bonchev–Trinajstić information content (AvgIpc) is 2.47. The number of anilines is 1. The molecular formula is C9H9N3O2. The fourth-order valence-electron chi connectivity index (χ4n) is 1.43. The van der Waals surface area contributed by atoms with Crippen LogP contribution in [0.1, 0.15) is 15.9 Å². The Morgan fingerprint density at radius 2 is 2.29 bits per heavy atom. The van der Waals surface area contributed by atoms with Gasteiger partial charge >= 0.3 is 6.03 Å². The third-order valence-corrected chi connectivity index (χ3v) is 2.06. The van der Waals surface area contributed by atoms with Gasteiger partial charge in [-0.25, -0.2) is 4.79 Å². The van der Waals surface area contributed by atoms with Crippen molar-refractivity contribution in [3.8, 4) is 0 Å². The van der Waals surface area contributed by atoms with Crippen LogP contribution in [0.25, 0.3) is 0 Å². The number of nitrogens with two attached hydrogens (primary N) is 1. The van der Waals surface area contributed by atoms with Gasteiger partial charge < -0.3 is 16.4 Å². The van der Waals surface area contributed by atoms with Crippen molar-refractivity contribution in [1.82, 2.24) is 5.32 Å². The average molecular weight is 191 g/mol. The zero-order valence-corrected chi connectivity index (χ0v) is 7.33. The molecule has 1 aromatic carbocycles. The lowest BCUT2D eigenvalue weighted by molar-refractivity contribution is 0.0965. The number of amides is 3. The molecule has 5 nitrogen and oxygen atoms in total. The first-order valence-electron chi connectivity index (χ1n) is 4.14. The molecule has 0 aromatic heterocycles. The number of carbonyl (C=O) groups excluding carboxylic acids is 2. The quantitative estimate of drug-likeness (QED) is 0.601. The molecule has 3 amide bonds. The summed E-state index contributed by atoms with van der Waals surface area (Å²) in [4.78, 5) is 21.8. The maximum absolute atomic E-state index is 11.2. The van der Waals surface area contributed by atoms with Gasteiger partial charge in [-0.15, -0.1) is 0 Å². The fourth-order valence-corrected chi connectivity index (χ4v) is 1.43. The van der Waals surface area contributed by atoms with Crippen LogP contribution in [0, 0.1) is 0 Å². The maximum Gasteiger partial charge on any atom is 0.316 e. The zero-order chi connectivity index (χ0) is 10.1. The first-order valence-corrected chi connectivity index (χ1v) is 4.14. The van der Waals surface area contributed by atoms with Crippen LogP contribution in [0.3, 0.4) is 0 Å². The van der Waals surface area contributed by atoms with Gasteiger partial charge in [-0.2, -0.15) is 0 Å². The molecule has 1 aromatic rings. The Bertz CT molecular complexity index is 415. The first kappa shape index (κ1) is 8.55. The molecule has 1 heterocycles. The number of hydrogen-bond acceptors (Lipinski definition) is 2. The fraction of sp³-hybridized carbons (Fsp3) is 0.111. The summed E-state index contributed by atoms with van der Waals surface area (Å²) < 4.78 is 0. The van der Waals surface area contributed by atoms with Gasteiger partial charge in [-0.1, -0.05) is 6.07 Å². The van der Waals surface area contributed by atoms with Crippen LogP contribution in [0.2, 0.25) is 0 Å². The van der Waals surface area contributed by atoms with Gasteiger partial charge in [0.25, 0.3) is 5.91 Å². The predicted molar refractivity (Wildman–Crippen MR) is 50.8 cm³/mol. The molecule has 0 aliphatic carbocycles. The highest BCUT2D eigenvalue weighted by Crippen LogP contribution is 2.19. The molecule has 0 bridgehead atoms. The molecule has 0 spiro atoms. The van der Waals surface area contributed by atoms with Gasteiger partial charge in [0.15, 0.2) is 0 Å². The zero-order valence-electron chi connectivity index (χ0n) is 7.33. The summed E-state index contributed by atoms with van der Waals surface area (Å²) in [6, 6.07) is 4.48. The van der Waals surface area contributed by atoms with Gasteiger partial charge in [0, 0.05) is 17.8 Å². The number of carbonyl (C=O) groups is 2. The molecule has 4 N–H and O–H groups in total. The molecule has 0 radical (unpaired) electrons. The maximum atomic E-state index is 11.2. The molecule has 0 saturated heterocycles. The number of benzene rings is 1. The van der Waals surface area contributed by atoms with E-state index in [1.54, 1.807) is 18.2 Å². The Morgan fingerprint density at radius 1 is 1.50 bits per heavy atom. The van der Waals surface area contributed by atoms with Crippen LogP contribution in [0.5, 0.6) is 0 Å². The Labute approximate surface area is 80.3 Å². The minimum absolute atomic E-state index is 0.117. The monoisotopic (exact) mass is 191 g/mol. The van der Waals surface area contributed by atoms with E-state index in [9.17, 15) is 9.59 Å². The van der Waals surface area contributed by atoms with Crippen LogP contribution >= 0.6 is 0 Å². The minimum atomic E-state index is -0.636. The normalized spacial score (nSPS) is 13.3. The Morgan fingerprint density at radius 3 is 3.00 bits per heavy atom. The van der Waals surface area contributed by atoms with Gasteiger partial charge in [-0.3, -0.25) is 4.79 Å². The smallest absolute Gasteiger partial charge is 0.316 e. The highest BCUT2D eigenvalue weighted by atomic mass is 16.2. The molecule has 0 fully saturated rings. The number of primary amides is 1. The topological polar surface area (TPSA) is 84.2 Å². The Kier molecular flexibility index (Phi) is 1.85. The van der Waals surface area contributed by atoms with Crippen LogP contribution in [0.15, 0.2) is 18.2 Å². The lowest BCUT2D eigenvalue weighted by Gasteiger charge is -2.02. The van der Waals surface area contributed by atoms with E-state index in [4.69, 9.17) is 5.73 Å². The minimum Gasteiger partial charge on any atom is -0.351 e. The van der Waals surface area contributed by atoms with Crippen molar-refractivity contribution >= 4 is 17.6 Å². The standard InChI is InChI=1S/C9H9N3O2/c10-9(14)12-6-2-1-5-4-11-8(13)7(5)3-6/h1-3H,4H2,(H,11,13)(H3,10,12,14). The summed E-state index contributed by atoms with van der Waals surface area (Å²) in [7, 11) is 0. The largest absolute Gasteiger partial charge is 0.351 e.